The van der Waals surface area contributed by atoms with Gasteiger partial charge in [0.2, 0.25) is 5.78 Å². The van der Waals surface area contributed by atoms with Crippen molar-refractivity contribution in [3.63, 3.8) is 0 Å². The van der Waals surface area contributed by atoms with Gasteiger partial charge in [0.25, 0.3) is 0 Å². The lowest BCUT2D eigenvalue weighted by atomic mass is 10.1. The molecule has 0 unspecified atom stereocenters. The number of H-pyrrole nitrogens is 1. The molecule has 1 aromatic carbocycles. The third-order valence-electron chi connectivity index (χ3n) is 2.59. The van der Waals surface area contributed by atoms with Crippen molar-refractivity contribution >= 4 is 57.7 Å². The highest BCUT2D eigenvalue weighted by atomic mass is 35.5. The van der Waals surface area contributed by atoms with E-state index in [0.717, 1.165) is 23.0 Å². The number of ketones is 1. The summed E-state index contributed by atoms with van der Waals surface area (Å²) in [4.78, 5) is 18.9. The summed E-state index contributed by atoms with van der Waals surface area (Å²) in [5.74, 6) is -0.388. The van der Waals surface area contributed by atoms with Crippen molar-refractivity contribution < 1.29 is 4.79 Å². The number of aromatic amines is 1. The van der Waals surface area contributed by atoms with Crippen LogP contribution in [0.2, 0.25) is 0 Å². The van der Waals surface area contributed by atoms with Gasteiger partial charge >= 0.3 is 0 Å². The molecule has 0 radical (unpaired) electrons. The smallest absolute Gasteiger partial charge is 0.215 e. The molecular weight excluding hydrogens is 317 g/mol. The fraction of sp³-hybridized carbons (Fsp3) is 0. The Morgan fingerprint density at radius 3 is 2.55 bits per heavy atom. The van der Waals surface area contributed by atoms with Gasteiger partial charge in [-0.25, -0.2) is 9.38 Å². The number of hydrogen-bond donors (Lipinski definition) is 1. The zero-order chi connectivity index (χ0) is 14.1. The first-order valence-electron chi connectivity index (χ1n) is 5.62. The van der Waals surface area contributed by atoms with Crippen molar-refractivity contribution in [1.82, 2.24) is 9.97 Å². The molecule has 4 nitrogen and oxygen atoms in total. The van der Waals surface area contributed by atoms with Gasteiger partial charge in [0.05, 0.1) is 38.8 Å². The van der Waals surface area contributed by atoms with Crippen LogP contribution in [0.25, 0.3) is 11.0 Å². The van der Waals surface area contributed by atoms with E-state index in [2.05, 4.69) is 14.4 Å². The largest absolute Gasteiger partial charge is 0.331 e. The second kappa shape index (κ2) is 5.44. The van der Waals surface area contributed by atoms with Gasteiger partial charge in [0, 0.05) is 0 Å². The number of Topliss-reactive ketones (excluding diaryl/α,β-unsaturated/α-hetero) is 1. The minimum Gasteiger partial charge on any atom is -0.331 e. The highest BCUT2D eigenvalue weighted by molar-refractivity contribution is 7.98. The van der Waals surface area contributed by atoms with E-state index in [4.69, 9.17) is 23.2 Å². The van der Waals surface area contributed by atoms with E-state index in [9.17, 15) is 4.79 Å². The number of benzene rings is 1. The summed E-state index contributed by atoms with van der Waals surface area (Å²) in [5.41, 5.74) is 2.33. The van der Waals surface area contributed by atoms with Gasteiger partial charge in [-0.3, -0.25) is 4.79 Å². The molecule has 1 N–H and O–H groups in total. The van der Waals surface area contributed by atoms with E-state index in [1.54, 1.807) is 0 Å². The highest BCUT2D eigenvalue weighted by Gasteiger charge is 2.17. The van der Waals surface area contributed by atoms with E-state index in [1.807, 2.05) is 24.3 Å². The van der Waals surface area contributed by atoms with Crippen molar-refractivity contribution in [2.24, 2.45) is 4.40 Å². The third kappa shape index (κ3) is 2.65. The number of imidazole rings is 1. The average Bonchev–Trinajstić information content (AvgIpc) is 2.85. The molecule has 0 aliphatic heterocycles. The maximum atomic E-state index is 11.4. The van der Waals surface area contributed by atoms with Gasteiger partial charge < -0.3 is 4.98 Å². The molecule has 1 heterocycles. The third-order valence-corrected chi connectivity index (χ3v) is 3.82. The van der Waals surface area contributed by atoms with Gasteiger partial charge in [-0.2, -0.15) is 0 Å². The normalized spacial score (nSPS) is 15.3. The summed E-state index contributed by atoms with van der Waals surface area (Å²) >= 11 is 12.7. The zero-order valence-electron chi connectivity index (χ0n) is 9.93. The number of rotatable bonds is 2. The molecular formula is C13H7Cl2N3OS. The fourth-order valence-electron chi connectivity index (χ4n) is 1.67. The minimum absolute atomic E-state index is 0.0569. The second-order valence-corrected chi connectivity index (χ2v) is 5.55. The number of carbonyl (C=O) groups excluding carboxylic acids is 1. The van der Waals surface area contributed by atoms with Crippen LogP contribution in [0.3, 0.4) is 0 Å². The van der Waals surface area contributed by atoms with Crippen LogP contribution >= 0.6 is 35.1 Å². The predicted molar refractivity (Wildman–Crippen MR) is 82.3 cm³/mol. The number of allylic oxidation sites excluding steroid dienone is 4. The molecule has 0 bridgehead atoms. The number of carbonyl (C=O) groups is 1. The molecule has 0 spiro atoms. The van der Waals surface area contributed by atoms with Crippen LogP contribution in [-0.4, -0.2) is 21.5 Å². The molecule has 1 aliphatic carbocycles. The van der Waals surface area contributed by atoms with Crippen LogP contribution in [0.5, 0.6) is 0 Å². The number of nitrogens with zero attached hydrogens (tertiary/aromatic N) is 2. The lowest BCUT2D eigenvalue weighted by Gasteiger charge is -2.04. The molecule has 7 heteroatoms. The summed E-state index contributed by atoms with van der Waals surface area (Å²) in [6.45, 7) is 0. The van der Waals surface area contributed by atoms with Crippen molar-refractivity contribution in [3.05, 3.63) is 46.5 Å². The maximum absolute atomic E-state index is 11.4. The molecule has 100 valence electrons. The van der Waals surface area contributed by atoms with Crippen molar-refractivity contribution in [3.8, 4) is 0 Å². The summed E-state index contributed by atoms with van der Waals surface area (Å²) in [7, 11) is 0. The molecule has 0 saturated heterocycles. The lowest BCUT2D eigenvalue weighted by molar-refractivity contribution is -0.111. The Bertz CT molecular complexity index is 735. The van der Waals surface area contributed by atoms with Crippen molar-refractivity contribution in [2.45, 2.75) is 5.16 Å². The summed E-state index contributed by atoms with van der Waals surface area (Å²) < 4.78 is 4.25. The summed E-state index contributed by atoms with van der Waals surface area (Å²) in [6, 6.07) is 7.70. The predicted octanol–water partition coefficient (Wildman–Crippen LogP) is 3.84. The van der Waals surface area contributed by atoms with E-state index in [-0.39, 0.29) is 15.8 Å². The topological polar surface area (TPSA) is 58.1 Å². The number of halogens is 2. The van der Waals surface area contributed by atoms with Crippen molar-refractivity contribution in [2.75, 3.05) is 0 Å². The maximum Gasteiger partial charge on any atom is 0.215 e. The molecule has 1 aliphatic rings. The Hall–Kier alpha value is -1.56. The first-order chi connectivity index (χ1) is 9.63. The molecule has 0 fully saturated rings. The van der Waals surface area contributed by atoms with Crippen LogP contribution in [0, 0.1) is 0 Å². The van der Waals surface area contributed by atoms with E-state index >= 15 is 0 Å². The van der Waals surface area contributed by atoms with Gasteiger partial charge in [-0.1, -0.05) is 35.3 Å². The number of para-hydroxylation sites is 2. The van der Waals surface area contributed by atoms with Crippen LogP contribution in [0.15, 0.2) is 56.0 Å². The Balaban J connectivity index is 1.85. The van der Waals surface area contributed by atoms with Crippen molar-refractivity contribution in [1.29, 1.82) is 0 Å². The number of fused-ring (bicyclic) bond motifs is 1. The molecule has 0 saturated carbocycles. The Labute approximate surface area is 128 Å². The van der Waals surface area contributed by atoms with Gasteiger partial charge in [0.1, 0.15) is 0 Å². The quantitative estimate of drug-likeness (QED) is 0.674. The molecule has 3 rings (SSSR count). The Kier molecular flexibility index (Phi) is 3.65. The molecule has 2 aromatic rings. The number of hydrogen-bond acceptors (Lipinski definition) is 4. The van der Waals surface area contributed by atoms with Gasteiger partial charge in [-0.15, -0.1) is 0 Å². The van der Waals surface area contributed by atoms with Crippen LogP contribution in [0.4, 0.5) is 0 Å². The van der Waals surface area contributed by atoms with E-state index in [0.29, 0.717) is 10.9 Å². The zero-order valence-corrected chi connectivity index (χ0v) is 12.3. The molecule has 0 atom stereocenters. The number of nitrogens with one attached hydrogen (secondary N) is 1. The van der Waals surface area contributed by atoms with Gasteiger partial charge in [0.15, 0.2) is 5.16 Å². The van der Waals surface area contributed by atoms with Crippen LogP contribution in [-0.2, 0) is 4.79 Å². The van der Waals surface area contributed by atoms with Crippen LogP contribution in [0.1, 0.15) is 0 Å². The minimum atomic E-state index is -0.388. The first-order valence-corrected chi connectivity index (χ1v) is 7.15. The lowest BCUT2D eigenvalue weighted by Crippen LogP contribution is -2.07. The summed E-state index contributed by atoms with van der Waals surface area (Å²) in [6.07, 6.45) is 2.96. The van der Waals surface area contributed by atoms with E-state index < -0.39 is 0 Å². The second-order valence-electron chi connectivity index (χ2n) is 3.98. The highest BCUT2D eigenvalue weighted by Crippen LogP contribution is 2.24. The van der Waals surface area contributed by atoms with Crippen LogP contribution < -0.4 is 0 Å². The summed E-state index contributed by atoms with van der Waals surface area (Å²) in [5, 5.41) is 0.771. The SMILES string of the molecule is O=C1C(Cl)=CC(=NSc2nc3ccccc3[nH]2)C=C1Cl. The molecule has 0 amide bonds. The number of aromatic nitrogens is 2. The fourth-order valence-corrected chi connectivity index (χ4v) is 2.74. The standard InChI is InChI=1S/C13H7Cl2N3OS/c14-8-5-7(6-9(15)12(8)19)18-20-13-16-10-3-1-2-4-11(10)17-13/h1-6H,(H,16,17). The monoisotopic (exact) mass is 323 g/mol. The Morgan fingerprint density at radius 2 is 1.85 bits per heavy atom. The average molecular weight is 324 g/mol. The molecule has 20 heavy (non-hydrogen) atoms. The van der Waals surface area contributed by atoms with E-state index in [1.165, 1.54) is 12.2 Å². The molecule has 1 aromatic heterocycles. The van der Waals surface area contributed by atoms with Gasteiger partial charge in [-0.05, 0) is 24.3 Å². The Morgan fingerprint density at radius 1 is 1.15 bits per heavy atom. The first kappa shape index (κ1) is 13.4.